The van der Waals surface area contributed by atoms with Crippen LogP contribution in [0.15, 0.2) is 0 Å². The van der Waals surface area contributed by atoms with Crippen LogP contribution in [-0.4, -0.2) is 82.0 Å². The smallest absolute Gasteiger partial charge is 0.455 e. The van der Waals surface area contributed by atoms with Gasteiger partial charge < -0.3 is 29.7 Å². The fraction of sp³-hybridized carbons (Fsp3) is 0.583. The second-order valence-electron chi connectivity index (χ2n) is 5.03. The standard InChI is InChI=1S/C12H17N2O12P/c15-4-8(16)13-3-11(19)26-7(6-25-27(21,22)23)5-24-12(20)14-9(17)1-2-10(14)18/h7,15H,1-6H2,(H,13,16)(H2,21,22,23). The van der Waals surface area contributed by atoms with E-state index in [1.807, 2.05) is 5.32 Å². The summed E-state index contributed by atoms with van der Waals surface area (Å²) in [5.41, 5.74) is 0. The Labute approximate surface area is 151 Å². The van der Waals surface area contributed by atoms with Crippen molar-refractivity contribution in [2.45, 2.75) is 18.9 Å². The Kier molecular flexibility index (Phi) is 8.46. The van der Waals surface area contributed by atoms with Gasteiger partial charge in [-0.3, -0.25) is 23.7 Å². The summed E-state index contributed by atoms with van der Waals surface area (Å²) in [6.07, 6.45) is -3.20. The molecule has 0 bridgehead atoms. The quantitative estimate of drug-likeness (QED) is 0.175. The Hall–Kier alpha value is -2.38. The number of ether oxygens (including phenoxy) is 2. The summed E-state index contributed by atoms with van der Waals surface area (Å²) in [7, 11) is -4.94. The van der Waals surface area contributed by atoms with E-state index in [-0.39, 0.29) is 17.7 Å². The number of aliphatic hydroxyl groups excluding tert-OH is 1. The number of aliphatic hydroxyl groups is 1. The summed E-state index contributed by atoms with van der Waals surface area (Å²) < 4.78 is 24.3. The zero-order valence-electron chi connectivity index (χ0n) is 13.7. The number of imide groups is 3. The van der Waals surface area contributed by atoms with Crippen molar-refractivity contribution >= 4 is 37.6 Å². The summed E-state index contributed by atoms with van der Waals surface area (Å²) >= 11 is 0. The van der Waals surface area contributed by atoms with Crippen LogP contribution in [0.2, 0.25) is 0 Å². The van der Waals surface area contributed by atoms with E-state index < -0.39 is 70.1 Å². The molecule has 1 saturated heterocycles. The van der Waals surface area contributed by atoms with Gasteiger partial charge in [0.25, 0.3) is 0 Å². The van der Waals surface area contributed by atoms with Crippen molar-refractivity contribution in [3.05, 3.63) is 0 Å². The molecule has 4 N–H and O–H groups in total. The molecule has 0 spiro atoms. The predicted octanol–water partition coefficient (Wildman–Crippen LogP) is -2.60. The summed E-state index contributed by atoms with van der Waals surface area (Å²) in [5, 5.41) is 10.5. The topological polar surface area (TPSA) is 206 Å². The molecule has 0 aromatic carbocycles. The van der Waals surface area contributed by atoms with Crippen LogP contribution in [0, 0.1) is 0 Å². The highest BCUT2D eigenvalue weighted by atomic mass is 31.2. The molecule has 1 aliphatic rings. The molecule has 152 valence electrons. The van der Waals surface area contributed by atoms with Crippen LogP contribution in [0.25, 0.3) is 0 Å². The second kappa shape index (κ2) is 10.1. The Morgan fingerprint density at radius 3 is 2.26 bits per heavy atom. The molecule has 1 rings (SSSR count). The van der Waals surface area contributed by atoms with Gasteiger partial charge in [-0.1, -0.05) is 0 Å². The Morgan fingerprint density at radius 2 is 1.74 bits per heavy atom. The molecule has 0 aromatic heterocycles. The van der Waals surface area contributed by atoms with E-state index >= 15 is 0 Å². The lowest BCUT2D eigenvalue weighted by atomic mass is 10.4. The molecule has 4 amide bonds. The molecular weight excluding hydrogens is 395 g/mol. The molecule has 15 heteroatoms. The Balaban J connectivity index is 2.62. The van der Waals surface area contributed by atoms with Gasteiger partial charge in [-0.25, -0.2) is 9.36 Å². The van der Waals surface area contributed by atoms with E-state index in [1.165, 1.54) is 0 Å². The third-order valence-corrected chi connectivity index (χ3v) is 3.41. The molecule has 0 saturated carbocycles. The third-order valence-electron chi connectivity index (χ3n) is 2.93. The molecular formula is C12H17N2O12P. The number of hydrogen-bond acceptors (Lipinski definition) is 10. The summed E-state index contributed by atoms with van der Waals surface area (Å²) in [6.45, 7) is -3.26. The first-order valence-electron chi connectivity index (χ1n) is 7.33. The third kappa shape index (κ3) is 8.23. The molecule has 1 fully saturated rings. The van der Waals surface area contributed by atoms with Gasteiger partial charge in [-0.15, -0.1) is 0 Å². The van der Waals surface area contributed by atoms with Crippen molar-refractivity contribution in [1.82, 2.24) is 10.2 Å². The summed E-state index contributed by atoms with van der Waals surface area (Å²) in [5.74, 6) is -3.54. The van der Waals surface area contributed by atoms with Gasteiger partial charge in [0.2, 0.25) is 17.7 Å². The predicted molar refractivity (Wildman–Crippen MR) is 80.4 cm³/mol. The minimum Gasteiger partial charge on any atom is -0.455 e. The largest absolute Gasteiger partial charge is 0.469 e. The van der Waals surface area contributed by atoms with Gasteiger partial charge in [0.15, 0.2) is 6.10 Å². The monoisotopic (exact) mass is 412 g/mol. The van der Waals surface area contributed by atoms with E-state index in [4.69, 9.17) is 19.6 Å². The number of phosphoric acid groups is 1. The first-order chi connectivity index (χ1) is 12.5. The van der Waals surface area contributed by atoms with Crippen LogP contribution < -0.4 is 5.32 Å². The maximum Gasteiger partial charge on any atom is 0.469 e. The van der Waals surface area contributed by atoms with Gasteiger partial charge >= 0.3 is 19.9 Å². The van der Waals surface area contributed by atoms with Crippen LogP contribution in [0.4, 0.5) is 4.79 Å². The van der Waals surface area contributed by atoms with Gasteiger partial charge in [0.05, 0.1) is 6.61 Å². The van der Waals surface area contributed by atoms with Crippen molar-refractivity contribution < 1.29 is 57.4 Å². The highest BCUT2D eigenvalue weighted by molar-refractivity contribution is 7.46. The maximum atomic E-state index is 11.8. The number of hydrogen-bond donors (Lipinski definition) is 4. The lowest BCUT2D eigenvalue weighted by Gasteiger charge is -2.19. The molecule has 1 unspecified atom stereocenters. The highest BCUT2D eigenvalue weighted by Crippen LogP contribution is 2.35. The number of nitrogens with one attached hydrogen (secondary N) is 1. The van der Waals surface area contributed by atoms with E-state index in [0.29, 0.717) is 0 Å². The van der Waals surface area contributed by atoms with Gasteiger partial charge in [0, 0.05) is 12.8 Å². The first-order valence-corrected chi connectivity index (χ1v) is 8.86. The average Bonchev–Trinajstić information content (AvgIpc) is 2.92. The molecule has 27 heavy (non-hydrogen) atoms. The number of amides is 4. The molecule has 1 atom stereocenters. The maximum absolute atomic E-state index is 11.8. The molecule has 0 aromatic rings. The zero-order chi connectivity index (χ0) is 20.6. The van der Waals surface area contributed by atoms with Crippen molar-refractivity contribution in [3.8, 4) is 0 Å². The summed E-state index contributed by atoms with van der Waals surface area (Å²) in [6, 6.07) is 0. The van der Waals surface area contributed by atoms with Crippen LogP contribution >= 0.6 is 7.82 Å². The fourth-order valence-electron chi connectivity index (χ4n) is 1.76. The second-order valence-corrected chi connectivity index (χ2v) is 6.27. The van der Waals surface area contributed by atoms with E-state index in [1.54, 1.807) is 0 Å². The number of carbonyl (C=O) groups excluding carboxylic acids is 5. The minimum atomic E-state index is -4.94. The van der Waals surface area contributed by atoms with Gasteiger partial charge in [-0.05, 0) is 0 Å². The van der Waals surface area contributed by atoms with Crippen molar-refractivity contribution in [2.75, 3.05) is 26.4 Å². The zero-order valence-corrected chi connectivity index (χ0v) is 14.6. The fourth-order valence-corrected chi connectivity index (χ4v) is 2.12. The minimum absolute atomic E-state index is 0.168. The van der Waals surface area contributed by atoms with Crippen LogP contribution in [0.3, 0.4) is 0 Å². The number of carbonyl (C=O) groups is 5. The lowest BCUT2D eigenvalue weighted by Crippen LogP contribution is -2.40. The molecule has 14 nitrogen and oxygen atoms in total. The van der Waals surface area contributed by atoms with Crippen molar-refractivity contribution in [1.29, 1.82) is 0 Å². The summed E-state index contributed by atoms with van der Waals surface area (Å²) in [4.78, 5) is 74.6. The van der Waals surface area contributed by atoms with E-state index in [0.717, 1.165) is 0 Å². The molecule has 0 radical (unpaired) electrons. The van der Waals surface area contributed by atoms with E-state index in [9.17, 15) is 28.5 Å². The number of nitrogens with zero attached hydrogens (tertiary/aromatic N) is 1. The normalized spacial score (nSPS) is 15.4. The number of esters is 1. The molecule has 0 aliphatic carbocycles. The van der Waals surface area contributed by atoms with Crippen LogP contribution in [-0.2, 0) is 37.7 Å². The molecule has 1 aliphatic heterocycles. The van der Waals surface area contributed by atoms with E-state index in [2.05, 4.69) is 9.26 Å². The number of rotatable bonds is 9. The van der Waals surface area contributed by atoms with Crippen molar-refractivity contribution in [3.63, 3.8) is 0 Å². The number of phosphoric ester groups is 1. The number of likely N-dealkylation sites (tertiary alicyclic amines) is 1. The van der Waals surface area contributed by atoms with Crippen LogP contribution in [0.5, 0.6) is 0 Å². The highest BCUT2D eigenvalue weighted by Gasteiger charge is 2.36. The Morgan fingerprint density at radius 1 is 1.15 bits per heavy atom. The van der Waals surface area contributed by atoms with Crippen molar-refractivity contribution in [2.24, 2.45) is 0 Å². The first kappa shape index (κ1) is 22.7. The van der Waals surface area contributed by atoms with Gasteiger partial charge in [0.1, 0.15) is 19.8 Å². The Bertz CT molecular complexity index is 643. The SMILES string of the molecule is O=C(CO)NCC(=O)OC(COC(=O)N1C(=O)CCC1=O)COP(=O)(O)O. The van der Waals surface area contributed by atoms with Crippen LogP contribution in [0.1, 0.15) is 12.8 Å². The molecule has 1 heterocycles. The van der Waals surface area contributed by atoms with Gasteiger partial charge in [-0.2, -0.15) is 4.90 Å². The lowest BCUT2D eigenvalue weighted by molar-refractivity contribution is -0.154. The average molecular weight is 412 g/mol.